The zero-order chi connectivity index (χ0) is 18.4. The monoisotopic (exact) mass is 346 g/mol. The first-order valence-corrected chi connectivity index (χ1v) is 8.11. The Morgan fingerprint density at radius 2 is 1.80 bits per heavy atom. The van der Waals surface area contributed by atoms with Crippen molar-refractivity contribution < 1.29 is 18.1 Å². The molecule has 0 radical (unpaired) electrons. The smallest absolute Gasteiger partial charge is 0.398 e. The van der Waals surface area contributed by atoms with Crippen molar-refractivity contribution in [2.75, 3.05) is 0 Å². The van der Waals surface area contributed by atoms with Crippen molar-refractivity contribution in [2.24, 2.45) is 7.05 Å². The maximum atomic E-state index is 14.8. The van der Waals surface area contributed by atoms with Gasteiger partial charge in [-0.2, -0.15) is 5.10 Å². The van der Waals surface area contributed by atoms with Crippen molar-refractivity contribution >= 4 is 13.2 Å². The van der Waals surface area contributed by atoms with Gasteiger partial charge in [0, 0.05) is 18.8 Å². The summed E-state index contributed by atoms with van der Waals surface area (Å²) in [7, 11) is 0.657. The van der Waals surface area contributed by atoms with E-state index in [2.05, 4.69) is 5.10 Å². The fraction of sp³-hybridized carbons (Fsp3) is 0.389. The summed E-state index contributed by atoms with van der Waals surface area (Å²) in [6.45, 7) is 7.40. The van der Waals surface area contributed by atoms with E-state index in [0.29, 0.717) is 11.1 Å². The van der Waals surface area contributed by atoms with E-state index in [9.17, 15) is 8.78 Å². The lowest BCUT2D eigenvalue weighted by Crippen LogP contribution is -2.41. The maximum absolute atomic E-state index is 14.8. The number of rotatable bonds is 3. The molecule has 25 heavy (non-hydrogen) atoms. The van der Waals surface area contributed by atoms with Crippen LogP contribution in [0.25, 0.3) is 17.3 Å². The molecule has 0 saturated carbocycles. The highest BCUT2D eigenvalue weighted by Crippen LogP contribution is 2.39. The molecule has 1 aromatic carbocycles. The molecule has 7 heteroatoms. The van der Waals surface area contributed by atoms with Gasteiger partial charge in [-0.3, -0.25) is 4.68 Å². The van der Waals surface area contributed by atoms with Gasteiger partial charge in [-0.1, -0.05) is 0 Å². The summed E-state index contributed by atoms with van der Waals surface area (Å²) >= 11 is 0. The maximum Gasteiger partial charge on any atom is 0.525 e. The standard InChI is InChI=1S/C18H21BF2N2O2/c1-17(2)18(3,4)25-19(24-17)16(21)11-12-10-13(20)6-7-14(12)15-8-9-22-23(15)5/h6-11H,1-5H3. The van der Waals surface area contributed by atoms with Gasteiger partial charge in [0.15, 0.2) is 0 Å². The fourth-order valence-corrected chi connectivity index (χ4v) is 2.70. The van der Waals surface area contributed by atoms with Crippen LogP contribution in [0.5, 0.6) is 0 Å². The van der Waals surface area contributed by atoms with Crippen LogP contribution in [-0.4, -0.2) is 28.1 Å². The van der Waals surface area contributed by atoms with Crippen LogP contribution in [0.4, 0.5) is 8.78 Å². The molecule has 4 nitrogen and oxygen atoms in total. The Morgan fingerprint density at radius 3 is 2.36 bits per heavy atom. The first-order valence-electron chi connectivity index (χ1n) is 8.11. The second-order valence-corrected chi connectivity index (χ2v) is 7.19. The summed E-state index contributed by atoms with van der Waals surface area (Å²) < 4.78 is 41.6. The molecule has 1 aliphatic heterocycles. The van der Waals surface area contributed by atoms with Crippen LogP contribution in [0.15, 0.2) is 36.2 Å². The molecule has 2 aromatic rings. The molecule has 0 N–H and O–H groups in total. The van der Waals surface area contributed by atoms with Crippen molar-refractivity contribution in [3.05, 3.63) is 47.6 Å². The molecule has 1 saturated heterocycles. The first kappa shape index (κ1) is 17.8. The number of hydrogen-bond donors (Lipinski definition) is 0. The normalized spacial score (nSPS) is 19.5. The van der Waals surface area contributed by atoms with Gasteiger partial charge < -0.3 is 9.31 Å². The number of hydrogen-bond acceptors (Lipinski definition) is 3. The molecule has 0 aliphatic carbocycles. The van der Waals surface area contributed by atoms with Gasteiger partial charge >= 0.3 is 7.12 Å². The minimum Gasteiger partial charge on any atom is -0.398 e. The summed E-state index contributed by atoms with van der Waals surface area (Å²) in [5.41, 5.74) is -0.0600. The quantitative estimate of drug-likeness (QED) is 0.783. The fourth-order valence-electron chi connectivity index (χ4n) is 2.70. The zero-order valence-electron chi connectivity index (χ0n) is 15.0. The Morgan fingerprint density at radius 1 is 1.16 bits per heavy atom. The van der Waals surface area contributed by atoms with Crippen LogP contribution in [0, 0.1) is 5.82 Å². The summed E-state index contributed by atoms with van der Waals surface area (Å²) in [6.07, 6.45) is 2.89. The number of nitrogens with zero attached hydrogens (tertiary/aromatic N) is 2. The number of aromatic nitrogens is 2. The van der Waals surface area contributed by atoms with Crippen molar-refractivity contribution in [3.8, 4) is 11.3 Å². The number of aryl methyl sites for hydroxylation is 1. The Kier molecular flexibility index (Phi) is 4.33. The average Bonchev–Trinajstić information content (AvgIpc) is 3.00. The molecule has 0 atom stereocenters. The Hall–Kier alpha value is -1.99. The molecule has 1 aliphatic rings. The van der Waals surface area contributed by atoms with E-state index >= 15 is 0 Å². The van der Waals surface area contributed by atoms with E-state index in [4.69, 9.17) is 9.31 Å². The number of benzene rings is 1. The lowest BCUT2D eigenvalue weighted by atomic mass is 9.86. The number of halogens is 2. The molecule has 0 amide bonds. The molecule has 1 aromatic heterocycles. The van der Waals surface area contributed by atoms with Gasteiger partial charge in [0.2, 0.25) is 0 Å². The summed E-state index contributed by atoms with van der Waals surface area (Å²) in [5, 5.41) is 4.11. The predicted octanol–water partition coefficient (Wildman–Crippen LogP) is 4.17. The molecule has 0 unspecified atom stereocenters. The molecular formula is C18H21BF2N2O2. The van der Waals surface area contributed by atoms with Crippen molar-refractivity contribution in [1.82, 2.24) is 9.78 Å². The van der Waals surface area contributed by atoms with Crippen LogP contribution >= 0.6 is 0 Å². The van der Waals surface area contributed by atoms with E-state index in [-0.39, 0.29) is 0 Å². The Bertz CT molecular complexity index is 814. The highest BCUT2D eigenvalue weighted by molar-refractivity contribution is 6.54. The van der Waals surface area contributed by atoms with Gasteiger partial charge in [0.25, 0.3) is 0 Å². The van der Waals surface area contributed by atoms with E-state index in [0.717, 1.165) is 5.69 Å². The lowest BCUT2D eigenvalue weighted by Gasteiger charge is -2.32. The van der Waals surface area contributed by atoms with E-state index in [1.165, 1.54) is 18.2 Å². The molecular weight excluding hydrogens is 325 g/mol. The molecule has 132 valence electrons. The minimum absolute atomic E-state index is 0.399. The first-order chi connectivity index (χ1) is 11.6. The van der Waals surface area contributed by atoms with Crippen LogP contribution in [-0.2, 0) is 16.4 Å². The van der Waals surface area contributed by atoms with Gasteiger partial charge in [0.1, 0.15) is 11.5 Å². The van der Waals surface area contributed by atoms with Crippen molar-refractivity contribution in [2.45, 2.75) is 38.9 Å². The third-order valence-electron chi connectivity index (χ3n) is 4.88. The van der Waals surface area contributed by atoms with Gasteiger partial charge in [0.05, 0.1) is 16.9 Å². The summed E-state index contributed by atoms with van der Waals surface area (Å²) in [5.74, 6) is -0.445. The van der Waals surface area contributed by atoms with Crippen molar-refractivity contribution in [3.63, 3.8) is 0 Å². The van der Waals surface area contributed by atoms with Crippen molar-refractivity contribution in [1.29, 1.82) is 0 Å². The topological polar surface area (TPSA) is 36.3 Å². The van der Waals surface area contributed by atoms with Gasteiger partial charge in [-0.05, 0) is 63.6 Å². The highest BCUT2D eigenvalue weighted by atomic mass is 19.1. The Labute approximate surface area is 146 Å². The summed E-state index contributed by atoms with van der Waals surface area (Å²) in [6, 6.07) is 6.02. The van der Waals surface area contributed by atoms with Crippen LogP contribution in [0.3, 0.4) is 0 Å². The predicted molar refractivity (Wildman–Crippen MR) is 93.8 cm³/mol. The van der Waals surface area contributed by atoms with Crippen LogP contribution < -0.4 is 0 Å². The van der Waals surface area contributed by atoms with Gasteiger partial charge in [-0.25, -0.2) is 8.78 Å². The lowest BCUT2D eigenvalue weighted by molar-refractivity contribution is 0.00578. The summed E-state index contributed by atoms with van der Waals surface area (Å²) in [4.78, 5) is 0. The largest absolute Gasteiger partial charge is 0.525 e. The molecule has 1 fully saturated rings. The highest BCUT2D eigenvalue weighted by Gasteiger charge is 2.53. The average molecular weight is 346 g/mol. The molecule has 0 spiro atoms. The second-order valence-electron chi connectivity index (χ2n) is 7.19. The van der Waals surface area contributed by atoms with Gasteiger partial charge in [-0.15, -0.1) is 0 Å². The van der Waals surface area contributed by atoms with E-state index in [1.54, 1.807) is 30.1 Å². The molecule has 0 bridgehead atoms. The molecule has 2 heterocycles. The SMILES string of the molecule is Cn1nccc1-c1ccc(F)cc1C=C(F)B1OC(C)(C)C(C)(C)O1. The van der Waals surface area contributed by atoms with E-state index < -0.39 is 29.9 Å². The third-order valence-corrected chi connectivity index (χ3v) is 4.88. The third kappa shape index (κ3) is 3.26. The minimum atomic E-state index is -1.12. The van der Waals surface area contributed by atoms with E-state index in [1.807, 2.05) is 27.7 Å². The Balaban J connectivity index is 1.99. The second kappa shape index (κ2) is 6.07. The molecule has 3 rings (SSSR count). The van der Waals surface area contributed by atoms with Crippen LogP contribution in [0.2, 0.25) is 0 Å². The van der Waals surface area contributed by atoms with Crippen LogP contribution in [0.1, 0.15) is 33.3 Å². The zero-order valence-corrected chi connectivity index (χ0v) is 15.0.